The van der Waals surface area contributed by atoms with Crippen molar-refractivity contribution in [3.8, 4) is 0 Å². The van der Waals surface area contributed by atoms with Gasteiger partial charge in [0.05, 0.1) is 22.1 Å². The summed E-state index contributed by atoms with van der Waals surface area (Å²) in [6.07, 6.45) is 5.79. The second kappa shape index (κ2) is 9.72. The highest BCUT2D eigenvalue weighted by Crippen LogP contribution is 2.34. The van der Waals surface area contributed by atoms with E-state index < -0.39 is 17.5 Å². The molecule has 162 valence electrons. The van der Waals surface area contributed by atoms with Crippen molar-refractivity contribution in [1.29, 1.82) is 0 Å². The number of rotatable bonds is 6. The van der Waals surface area contributed by atoms with Gasteiger partial charge in [-0.2, -0.15) is 0 Å². The van der Waals surface area contributed by atoms with Crippen molar-refractivity contribution in [3.05, 3.63) is 76.8 Å². The van der Waals surface area contributed by atoms with Crippen LogP contribution in [0.15, 0.2) is 49.1 Å². The second-order valence-corrected chi connectivity index (χ2v) is 8.25. The van der Waals surface area contributed by atoms with Crippen LogP contribution in [0.4, 0.5) is 13.9 Å². The fraction of sp³-hybridized carbons (Fsp3) is 0.190. The molecule has 31 heavy (non-hydrogen) atoms. The van der Waals surface area contributed by atoms with Gasteiger partial charge < -0.3 is 4.57 Å². The molecule has 0 aliphatic heterocycles. The topological polar surface area (TPSA) is 51.0 Å². The predicted molar refractivity (Wildman–Crippen MR) is 121 cm³/mol. The molecule has 0 spiro atoms. The number of imidazole rings is 1. The maximum Gasteiger partial charge on any atom is 0.263 e. The van der Waals surface area contributed by atoms with Crippen molar-refractivity contribution in [2.75, 3.05) is 11.4 Å². The van der Waals surface area contributed by atoms with Crippen LogP contribution < -0.4 is 4.90 Å². The Labute approximate surface area is 192 Å². The number of aryl methyl sites for hydroxylation is 2. The van der Waals surface area contributed by atoms with Gasteiger partial charge in [-0.15, -0.1) is 12.4 Å². The lowest BCUT2D eigenvalue weighted by atomic mass is 10.1. The van der Waals surface area contributed by atoms with Crippen LogP contribution in [0.2, 0.25) is 5.02 Å². The van der Waals surface area contributed by atoms with Crippen LogP contribution in [0.25, 0.3) is 10.2 Å². The predicted octanol–water partition coefficient (Wildman–Crippen LogP) is 5.89. The van der Waals surface area contributed by atoms with Gasteiger partial charge in [0.15, 0.2) is 5.13 Å². The molecule has 0 atom stereocenters. The van der Waals surface area contributed by atoms with Gasteiger partial charge in [-0.05, 0) is 43.2 Å². The molecular formula is C21H18Cl2F2N4OS. The van der Waals surface area contributed by atoms with Gasteiger partial charge in [0.25, 0.3) is 5.91 Å². The third-order valence-electron chi connectivity index (χ3n) is 4.63. The lowest BCUT2D eigenvalue weighted by Crippen LogP contribution is -2.33. The van der Waals surface area contributed by atoms with E-state index in [0.717, 1.165) is 27.9 Å². The summed E-state index contributed by atoms with van der Waals surface area (Å²) in [6, 6.07) is 6.53. The van der Waals surface area contributed by atoms with Crippen LogP contribution in [-0.2, 0) is 6.54 Å². The molecule has 4 rings (SSSR count). The first kappa shape index (κ1) is 23.1. The van der Waals surface area contributed by atoms with Crippen LogP contribution >= 0.6 is 35.3 Å². The number of hydrogen-bond donors (Lipinski definition) is 0. The summed E-state index contributed by atoms with van der Waals surface area (Å²) in [4.78, 5) is 23.2. The van der Waals surface area contributed by atoms with Gasteiger partial charge in [0.1, 0.15) is 11.6 Å². The summed E-state index contributed by atoms with van der Waals surface area (Å²) in [5.74, 6) is -2.21. The van der Waals surface area contributed by atoms with Crippen molar-refractivity contribution >= 4 is 56.6 Å². The molecule has 2 heterocycles. The van der Waals surface area contributed by atoms with Crippen LogP contribution in [0.1, 0.15) is 22.3 Å². The Balaban J connectivity index is 0.00000272. The van der Waals surface area contributed by atoms with Crippen LogP contribution in [0.5, 0.6) is 0 Å². The van der Waals surface area contributed by atoms with E-state index in [2.05, 4.69) is 9.97 Å². The zero-order valence-electron chi connectivity index (χ0n) is 16.4. The highest BCUT2D eigenvalue weighted by molar-refractivity contribution is 7.22. The van der Waals surface area contributed by atoms with Crippen molar-refractivity contribution in [2.45, 2.75) is 19.9 Å². The van der Waals surface area contributed by atoms with E-state index in [9.17, 15) is 13.6 Å². The number of hydrogen-bond acceptors (Lipinski definition) is 4. The Bertz CT molecular complexity index is 1210. The molecule has 0 fully saturated rings. The van der Waals surface area contributed by atoms with Gasteiger partial charge in [-0.3, -0.25) is 9.69 Å². The van der Waals surface area contributed by atoms with E-state index in [1.54, 1.807) is 24.7 Å². The molecule has 1 amide bonds. The molecule has 0 radical (unpaired) electrons. The summed E-state index contributed by atoms with van der Waals surface area (Å²) in [5, 5.41) is 1.02. The summed E-state index contributed by atoms with van der Waals surface area (Å²) in [5.41, 5.74) is 1.43. The fourth-order valence-corrected chi connectivity index (χ4v) is 4.63. The highest BCUT2D eigenvalue weighted by Gasteiger charge is 2.24. The monoisotopic (exact) mass is 482 g/mol. The maximum absolute atomic E-state index is 14.3. The molecule has 0 saturated carbocycles. The smallest absolute Gasteiger partial charge is 0.263 e. The van der Waals surface area contributed by atoms with Gasteiger partial charge in [0, 0.05) is 36.6 Å². The Hall–Kier alpha value is -2.55. The van der Waals surface area contributed by atoms with Gasteiger partial charge in [-0.1, -0.05) is 22.9 Å². The molecule has 0 aliphatic carbocycles. The average Bonchev–Trinajstić information content (AvgIpc) is 3.34. The van der Waals surface area contributed by atoms with Crippen molar-refractivity contribution in [3.63, 3.8) is 0 Å². The van der Waals surface area contributed by atoms with Crippen molar-refractivity contribution in [2.24, 2.45) is 0 Å². The largest absolute Gasteiger partial charge is 0.337 e. The lowest BCUT2D eigenvalue weighted by molar-refractivity contribution is 0.0982. The number of thiazole rings is 1. The number of aromatic nitrogens is 3. The average molecular weight is 483 g/mol. The maximum atomic E-state index is 14.3. The Morgan fingerprint density at radius 3 is 2.77 bits per heavy atom. The molecule has 0 aliphatic rings. The van der Waals surface area contributed by atoms with Crippen LogP contribution in [0.3, 0.4) is 0 Å². The number of carbonyl (C=O) groups excluding carboxylic acids is 1. The quantitative estimate of drug-likeness (QED) is 0.344. The van der Waals surface area contributed by atoms with Gasteiger partial charge >= 0.3 is 0 Å². The van der Waals surface area contributed by atoms with E-state index in [0.29, 0.717) is 35.7 Å². The van der Waals surface area contributed by atoms with E-state index in [1.165, 1.54) is 16.2 Å². The third-order valence-corrected chi connectivity index (χ3v) is 5.88. The van der Waals surface area contributed by atoms with Crippen LogP contribution in [0, 0.1) is 18.6 Å². The minimum atomic E-state index is -0.903. The third kappa shape index (κ3) is 5.03. The number of halogens is 4. The molecular weight excluding hydrogens is 465 g/mol. The summed E-state index contributed by atoms with van der Waals surface area (Å²) < 4.78 is 30.4. The first-order chi connectivity index (χ1) is 14.4. The summed E-state index contributed by atoms with van der Waals surface area (Å²) in [7, 11) is 0. The number of anilines is 1. The number of nitrogens with zero attached hydrogens (tertiary/aromatic N) is 4. The van der Waals surface area contributed by atoms with Gasteiger partial charge in [0.2, 0.25) is 0 Å². The Morgan fingerprint density at radius 1 is 1.26 bits per heavy atom. The molecule has 2 aromatic carbocycles. The molecule has 4 aromatic rings. The van der Waals surface area contributed by atoms with Crippen molar-refractivity contribution < 1.29 is 13.6 Å². The minimum Gasteiger partial charge on any atom is -0.337 e. The molecule has 0 saturated heterocycles. The normalized spacial score (nSPS) is 10.8. The van der Waals surface area contributed by atoms with E-state index in [-0.39, 0.29) is 18.0 Å². The first-order valence-electron chi connectivity index (χ1n) is 9.22. The number of carbonyl (C=O) groups is 1. The number of benzene rings is 2. The Kier molecular flexibility index (Phi) is 7.25. The zero-order valence-corrected chi connectivity index (χ0v) is 18.8. The molecule has 0 unspecified atom stereocenters. The SMILES string of the molecule is Cc1cc(Cl)cc2sc(N(CCCn3ccnc3)C(=O)c3ccc(F)cc3F)nc12.Cl. The summed E-state index contributed by atoms with van der Waals surface area (Å²) >= 11 is 7.46. The molecule has 0 bridgehead atoms. The number of amides is 1. The molecule has 0 N–H and O–H groups in total. The number of fused-ring (bicyclic) bond motifs is 1. The van der Waals surface area contributed by atoms with Gasteiger partial charge in [-0.25, -0.2) is 18.7 Å². The summed E-state index contributed by atoms with van der Waals surface area (Å²) in [6.45, 7) is 2.83. The van der Waals surface area contributed by atoms with E-state index >= 15 is 0 Å². The van der Waals surface area contributed by atoms with Crippen molar-refractivity contribution in [1.82, 2.24) is 14.5 Å². The standard InChI is InChI=1S/C21H17ClF2N4OS.ClH/c1-13-9-14(22)10-18-19(13)26-21(30-18)28(7-2-6-27-8-5-25-12-27)20(29)16-4-3-15(23)11-17(16)24;/h3-5,8-12H,2,6-7H2,1H3;1H. The zero-order chi connectivity index (χ0) is 21.3. The fourth-order valence-electron chi connectivity index (χ4n) is 3.18. The molecule has 5 nitrogen and oxygen atoms in total. The van der Waals surface area contributed by atoms with E-state index in [4.69, 9.17) is 11.6 Å². The van der Waals surface area contributed by atoms with E-state index in [1.807, 2.05) is 17.7 Å². The molecule has 10 heteroatoms. The highest BCUT2D eigenvalue weighted by atomic mass is 35.5. The van der Waals surface area contributed by atoms with Crippen LogP contribution in [-0.4, -0.2) is 27.0 Å². The lowest BCUT2D eigenvalue weighted by Gasteiger charge is -2.20. The second-order valence-electron chi connectivity index (χ2n) is 6.80. The minimum absolute atomic E-state index is 0. The Morgan fingerprint density at radius 2 is 2.06 bits per heavy atom. The molecule has 2 aromatic heterocycles. The first-order valence-corrected chi connectivity index (χ1v) is 10.4.